The summed E-state index contributed by atoms with van der Waals surface area (Å²) in [6, 6.07) is 11.6. The van der Waals surface area contributed by atoms with E-state index in [9.17, 15) is 4.39 Å². The van der Waals surface area contributed by atoms with Crippen LogP contribution in [-0.4, -0.2) is 7.05 Å². The van der Waals surface area contributed by atoms with E-state index in [1.165, 1.54) is 0 Å². The lowest BCUT2D eigenvalue weighted by Crippen LogP contribution is -2.11. The summed E-state index contributed by atoms with van der Waals surface area (Å²) in [5.41, 5.74) is 2.49. The van der Waals surface area contributed by atoms with Gasteiger partial charge in [-0.15, -0.1) is 0 Å². The van der Waals surface area contributed by atoms with Crippen molar-refractivity contribution in [2.75, 3.05) is 7.05 Å². The normalized spacial score (nSPS) is 12.5. The van der Waals surface area contributed by atoms with Crippen LogP contribution in [0.3, 0.4) is 0 Å². The average molecular weight is 343 g/mol. The van der Waals surface area contributed by atoms with Gasteiger partial charge in [-0.05, 0) is 47.1 Å². The monoisotopic (exact) mass is 341 g/mol. The van der Waals surface area contributed by atoms with Gasteiger partial charge in [0.05, 0.1) is 5.02 Å². The third kappa shape index (κ3) is 2.99. The maximum absolute atomic E-state index is 14.1. The molecule has 0 heterocycles. The molecule has 0 saturated heterocycles. The highest BCUT2D eigenvalue weighted by Gasteiger charge is 2.12. The van der Waals surface area contributed by atoms with E-state index in [4.69, 9.17) is 11.6 Å². The summed E-state index contributed by atoms with van der Waals surface area (Å²) in [6.45, 7) is 2.08. The van der Waals surface area contributed by atoms with E-state index in [1.54, 1.807) is 12.1 Å². The lowest BCUT2D eigenvalue weighted by molar-refractivity contribution is 0.631. The van der Waals surface area contributed by atoms with Crippen LogP contribution in [0, 0.1) is 5.82 Å². The second-order valence-electron chi connectivity index (χ2n) is 4.36. The van der Waals surface area contributed by atoms with Gasteiger partial charge in [0.15, 0.2) is 5.82 Å². The van der Waals surface area contributed by atoms with Crippen LogP contribution in [0.15, 0.2) is 40.9 Å². The van der Waals surface area contributed by atoms with E-state index in [0.717, 1.165) is 11.1 Å². The molecule has 2 rings (SSSR count). The fraction of sp³-hybridized carbons (Fsp3) is 0.200. The van der Waals surface area contributed by atoms with Crippen LogP contribution in [-0.2, 0) is 0 Å². The Morgan fingerprint density at radius 3 is 2.37 bits per heavy atom. The van der Waals surface area contributed by atoms with Gasteiger partial charge < -0.3 is 5.32 Å². The summed E-state index contributed by atoms with van der Waals surface area (Å²) in [4.78, 5) is 0. The lowest BCUT2D eigenvalue weighted by Gasteiger charge is -2.12. The molecule has 4 heteroatoms. The Hall–Kier alpha value is -0.900. The Morgan fingerprint density at radius 1 is 1.16 bits per heavy atom. The summed E-state index contributed by atoms with van der Waals surface area (Å²) >= 11 is 9.12. The van der Waals surface area contributed by atoms with Crippen molar-refractivity contribution in [3.8, 4) is 11.1 Å². The van der Waals surface area contributed by atoms with Gasteiger partial charge in [-0.25, -0.2) is 4.39 Å². The van der Waals surface area contributed by atoms with E-state index in [2.05, 4.69) is 28.2 Å². The number of hydrogen-bond donors (Lipinski definition) is 1. The third-order valence-corrected chi connectivity index (χ3v) is 4.45. The summed E-state index contributed by atoms with van der Waals surface area (Å²) in [5.74, 6) is -0.398. The van der Waals surface area contributed by atoms with E-state index < -0.39 is 5.82 Å². The Labute approximate surface area is 125 Å². The molecule has 19 heavy (non-hydrogen) atoms. The minimum Gasteiger partial charge on any atom is -0.313 e. The van der Waals surface area contributed by atoms with Crippen molar-refractivity contribution in [2.45, 2.75) is 13.0 Å². The molecule has 1 unspecified atom stereocenters. The zero-order valence-corrected chi connectivity index (χ0v) is 13.0. The second-order valence-corrected chi connectivity index (χ2v) is 5.59. The maximum atomic E-state index is 14.1. The number of halogens is 3. The van der Waals surface area contributed by atoms with Gasteiger partial charge in [0.25, 0.3) is 0 Å². The summed E-state index contributed by atoms with van der Waals surface area (Å²) in [5, 5.41) is 3.28. The van der Waals surface area contributed by atoms with Crippen molar-refractivity contribution in [1.29, 1.82) is 0 Å². The van der Waals surface area contributed by atoms with E-state index >= 15 is 0 Å². The molecule has 0 fully saturated rings. The van der Waals surface area contributed by atoms with Gasteiger partial charge in [-0.1, -0.05) is 41.9 Å². The summed E-state index contributed by atoms with van der Waals surface area (Å²) in [6.07, 6.45) is 0. The van der Waals surface area contributed by atoms with E-state index in [1.807, 2.05) is 31.3 Å². The predicted molar refractivity (Wildman–Crippen MR) is 82.0 cm³/mol. The molecule has 0 spiro atoms. The van der Waals surface area contributed by atoms with Gasteiger partial charge in [0.1, 0.15) is 0 Å². The Kier molecular flexibility index (Phi) is 4.61. The highest BCUT2D eigenvalue weighted by Crippen LogP contribution is 2.33. The lowest BCUT2D eigenvalue weighted by atomic mass is 10.0. The van der Waals surface area contributed by atoms with Gasteiger partial charge in [-0.3, -0.25) is 0 Å². The first-order chi connectivity index (χ1) is 9.04. The molecule has 1 nitrogen and oxygen atoms in total. The molecule has 0 amide bonds. The van der Waals surface area contributed by atoms with Crippen LogP contribution in [0.5, 0.6) is 0 Å². The molecule has 0 aliphatic rings. The molecule has 0 saturated carbocycles. The average Bonchev–Trinajstić information content (AvgIpc) is 2.44. The molecule has 0 aliphatic heterocycles. The number of rotatable bonds is 3. The largest absolute Gasteiger partial charge is 0.313 e. The van der Waals surface area contributed by atoms with Gasteiger partial charge in [0.2, 0.25) is 0 Å². The highest BCUT2D eigenvalue weighted by molar-refractivity contribution is 9.10. The first kappa shape index (κ1) is 14.5. The van der Waals surface area contributed by atoms with Crippen LogP contribution >= 0.6 is 27.5 Å². The Bertz CT molecular complexity index is 583. The number of hydrogen-bond acceptors (Lipinski definition) is 1. The summed E-state index contributed by atoms with van der Waals surface area (Å²) in [7, 11) is 1.91. The number of benzene rings is 2. The Morgan fingerprint density at radius 2 is 1.79 bits per heavy atom. The van der Waals surface area contributed by atoms with Crippen LogP contribution < -0.4 is 5.32 Å². The van der Waals surface area contributed by atoms with Crippen molar-refractivity contribution in [3.63, 3.8) is 0 Å². The van der Waals surface area contributed by atoms with Crippen molar-refractivity contribution < 1.29 is 4.39 Å². The highest BCUT2D eigenvalue weighted by atomic mass is 79.9. The molecule has 0 aromatic heterocycles. The minimum absolute atomic E-state index is 0.116. The maximum Gasteiger partial charge on any atom is 0.150 e. The van der Waals surface area contributed by atoms with Gasteiger partial charge >= 0.3 is 0 Å². The fourth-order valence-corrected chi connectivity index (χ4v) is 2.34. The topological polar surface area (TPSA) is 12.0 Å². The molecule has 1 N–H and O–H groups in total. The zero-order chi connectivity index (χ0) is 14.0. The van der Waals surface area contributed by atoms with Gasteiger partial charge in [0, 0.05) is 16.1 Å². The second kappa shape index (κ2) is 6.04. The third-order valence-electron chi connectivity index (χ3n) is 3.19. The Balaban J connectivity index is 2.40. The smallest absolute Gasteiger partial charge is 0.150 e. The molecule has 1 atom stereocenters. The molecular weight excluding hydrogens is 329 g/mol. The summed E-state index contributed by atoms with van der Waals surface area (Å²) < 4.78 is 14.7. The minimum atomic E-state index is -0.398. The van der Waals surface area contributed by atoms with Crippen molar-refractivity contribution in [1.82, 2.24) is 5.32 Å². The van der Waals surface area contributed by atoms with Crippen LogP contribution in [0.2, 0.25) is 5.02 Å². The number of nitrogens with one attached hydrogen (secondary N) is 1. The molecule has 2 aromatic carbocycles. The molecule has 2 aromatic rings. The zero-order valence-electron chi connectivity index (χ0n) is 10.7. The standard InChI is InChI=1S/C15H14BrClFN/c1-9(19-2)10-3-5-11(6-4-10)12-7-8-13(16)14(17)15(12)18/h3-9,19H,1-2H3. The van der Waals surface area contributed by atoms with Crippen LogP contribution in [0.4, 0.5) is 4.39 Å². The van der Waals surface area contributed by atoms with Crippen molar-refractivity contribution in [2.24, 2.45) is 0 Å². The van der Waals surface area contributed by atoms with Crippen LogP contribution in [0.1, 0.15) is 18.5 Å². The first-order valence-corrected chi connectivity index (χ1v) is 7.12. The van der Waals surface area contributed by atoms with Gasteiger partial charge in [-0.2, -0.15) is 0 Å². The quantitative estimate of drug-likeness (QED) is 0.757. The molecule has 0 bridgehead atoms. The van der Waals surface area contributed by atoms with E-state index in [-0.39, 0.29) is 11.1 Å². The molecular formula is C15H14BrClFN. The van der Waals surface area contributed by atoms with E-state index in [0.29, 0.717) is 10.0 Å². The molecule has 0 radical (unpaired) electrons. The van der Waals surface area contributed by atoms with Crippen molar-refractivity contribution >= 4 is 27.5 Å². The van der Waals surface area contributed by atoms with Crippen molar-refractivity contribution in [3.05, 3.63) is 57.3 Å². The van der Waals surface area contributed by atoms with Crippen LogP contribution in [0.25, 0.3) is 11.1 Å². The predicted octanol–water partition coefficient (Wildman–Crippen LogP) is 5.19. The molecule has 0 aliphatic carbocycles. The SMILES string of the molecule is CNC(C)c1ccc(-c2ccc(Br)c(Cl)c2F)cc1. The first-order valence-electron chi connectivity index (χ1n) is 5.95. The molecule has 100 valence electrons. The fourth-order valence-electron chi connectivity index (χ4n) is 1.87.